The van der Waals surface area contributed by atoms with Crippen LogP contribution in [0.2, 0.25) is 0 Å². The van der Waals surface area contributed by atoms with Crippen molar-refractivity contribution < 1.29 is 13.7 Å². The van der Waals surface area contributed by atoms with E-state index in [0.717, 1.165) is 22.4 Å². The number of hydrogen-bond donors (Lipinski definition) is 2. The Kier molecular flexibility index (Phi) is 3.76. The predicted molar refractivity (Wildman–Crippen MR) is 104 cm³/mol. The maximum atomic E-state index is 12.4. The average molecular weight is 370 g/mol. The summed E-state index contributed by atoms with van der Waals surface area (Å²) in [5.41, 5.74) is 3.64. The number of amides is 1. The van der Waals surface area contributed by atoms with Gasteiger partial charge < -0.3 is 19.2 Å². The Labute approximate surface area is 159 Å². The number of nitrogens with zero attached hydrogens (tertiary/aromatic N) is 2. The first-order valence-electron chi connectivity index (χ1n) is 8.63. The summed E-state index contributed by atoms with van der Waals surface area (Å²) in [4.78, 5) is 20.2. The van der Waals surface area contributed by atoms with Gasteiger partial charge in [-0.25, -0.2) is 4.98 Å². The van der Waals surface area contributed by atoms with Crippen LogP contribution in [0.3, 0.4) is 0 Å². The first-order chi connectivity index (χ1) is 13.8. The van der Waals surface area contributed by atoms with E-state index in [4.69, 9.17) is 8.94 Å². The Hall–Kier alpha value is -4.13. The number of imidazole rings is 1. The van der Waals surface area contributed by atoms with Gasteiger partial charge in [0.25, 0.3) is 5.91 Å². The summed E-state index contributed by atoms with van der Waals surface area (Å²) in [5.74, 6) is 1.33. The van der Waals surface area contributed by atoms with E-state index in [9.17, 15) is 4.79 Å². The van der Waals surface area contributed by atoms with E-state index in [1.54, 1.807) is 12.1 Å². The highest BCUT2D eigenvalue weighted by Gasteiger charge is 2.15. The van der Waals surface area contributed by atoms with Crippen molar-refractivity contribution in [3.8, 4) is 22.9 Å². The van der Waals surface area contributed by atoms with Crippen molar-refractivity contribution in [2.75, 3.05) is 5.32 Å². The minimum Gasteiger partial charge on any atom is -0.461 e. The molecule has 0 aliphatic heterocycles. The van der Waals surface area contributed by atoms with E-state index in [-0.39, 0.29) is 11.6 Å². The van der Waals surface area contributed by atoms with Crippen LogP contribution in [0.4, 0.5) is 5.69 Å². The Bertz CT molecular complexity index is 1220. The predicted octanol–water partition coefficient (Wildman–Crippen LogP) is 4.73. The van der Waals surface area contributed by atoms with Crippen molar-refractivity contribution >= 4 is 22.6 Å². The number of hydrogen-bond acceptors (Lipinski definition) is 5. The highest BCUT2D eigenvalue weighted by molar-refractivity contribution is 6.03. The Morgan fingerprint density at radius 3 is 2.61 bits per heavy atom. The number of benzene rings is 2. The molecule has 7 heteroatoms. The molecule has 0 aliphatic rings. The molecular formula is C21H14N4O3. The molecule has 5 rings (SSSR count). The number of para-hydroxylation sites is 2. The smallest absolute Gasteiger partial charge is 0.277 e. The second kappa shape index (κ2) is 6.55. The van der Waals surface area contributed by atoms with Gasteiger partial charge in [-0.2, -0.15) is 0 Å². The second-order valence-electron chi connectivity index (χ2n) is 6.19. The summed E-state index contributed by atoms with van der Waals surface area (Å²) in [6.45, 7) is 0. The van der Waals surface area contributed by atoms with Crippen molar-refractivity contribution in [1.29, 1.82) is 0 Å². The molecule has 0 saturated carbocycles. The molecule has 3 aromatic heterocycles. The van der Waals surface area contributed by atoms with Crippen LogP contribution < -0.4 is 5.32 Å². The summed E-state index contributed by atoms with van der Waals surface area (Å²) >= 11 is 0. The third kappa shape index (κ3) is 2.95. The maximum Gasteiger partial charge on any atom is 0.277 e. The van der Waals surface area contributed by atoms with Crippen LogP contribution in [0, 0.1) is 0 Å². The van der Waals surface area contributed by atoms with E-state index in [0.29, 0.717) is 17.2 Å². The molecule has 136 valence electrons. The molecule has 0 atom stereocenters. The van der Waals surface area contributed by atoms with Crippen LogP contribution in [-0.4, -0.2) is 21.0 Å². The number of nitrogens with one attached hydrogen (secondary N) is 2. The Morgan fingerprint density at radius 1 is 0.964 bits per heavy atom. The summed E-state index contributed by atoms with van der Waals surface area (Å²) in [5, 5.41) is 6.60. The van der Waals surface area contributed by atoms with Crippen LogP contribution >= 0.6 is 0 Å². The van der Waals surface area contributed by atoms with Crippen molar-refractivity contribution in [3.63, 3.8) is 0 Å². The van der Waals surface area contributed by atoms with E-state index in [2.05, 4.69) is 20.4 Å². The highest BCUT2D eigenvalue weighted by Crippen LogP contribution is 2.23. The highest BCUT2D eigenvalue weighted by atomic mass is 16.5. The summed E-state index contributed by atoms with van der Waals surface area (Å²) < 4.78 is 10.4. The zero-order chi connectivity index (χ0) is 18.9. The van der Waals surface area contributed by atoms with Crippen LogP contribution in [0.25, 0.3) is 33.9 Å². The fourth-order valence-corrected chi connectivity index (χ4v) is 2.91. The summed E-state index contributed by atoms with van der Waals surface area (Å²) in [6.07, 6.45) is 1.53. The zero-order valence-electron chi connectivity index (χ0n) is 14.5. The number of rotatable bonds is 4. The molecule has 0 radical (unpaired) electrons. The molecule has 2 N–H and O–H groups in total. The zero-order valence-corrected chi connectivity index (χ0v) is 14.5. The second-order valence-corrected chi connectivity index (χ2v) is 6.19. The quantitative estimate of drug-likeness (QED) is 0.477. The normalized spacial score (nSPS) is 11.0. The van der Waals surface area contributed by atoms with E-state index >= 15 is 0 Å². The molecule has 0 spiro atoms. The number of carbonyl (C=O) groups excluding carboxylic acids is 1. The molecule has 0 fully saturated rings. The van der Waals surface area contributed by atoms with Crippen LogP contribution in [-0.2, 0) is 0 Å². The van der Waals surface area contributed by atoms with Crippen molar-refractivity contribution in [2.45, 2.75) is 0 Å². The number of fused-ring (bicyclic) bond motifs is 1. The summed E-state index contributed by atoms with van der Waals surface area (Å²) in [7, 11) is 0. The molecule has 0 unspecified atom stereocenters. The molecule has 0 aliphatic carbocycles. The number of furan rings is 1. The molecule has 2 aromatic carbocycles. The molecule has 28 heavy (non-hydrogen) atoms. The fraction of sp³-hybridized carbons (Fsp3) is 0. The Balaban J connectivity index is 1.32. The van der Waals surface area contributed by atoms with Gasteiger partial charge in [-0.3, -0.25) is 4.79 Å². The average Bonchev–Trinajstić information content (AvgIpc) is 3.48. The van der Waals surface area contributed by atoms with E-state index in [1.165, 1.54) is 12.3 Å². The van der Waals surface area contributed by atoms with Gasteiger partial charge in [-0.1, -0.05) is 17.3 Å². The van der Waals surface area contributed by atoms with Crippen molar-refractivity contribution in [2.24, 2.45) is 0 Å². The largest absolute Gasteiger partial charge is 0.461 e. The van der Waals surface area contributed by atoms with Gasteiger partial charge >= 0.3 is 0 Å². The molecule has 0 bridgehead atoms. The van der Waals surface area contributed by atoms with Crippen LogP contribution in [0.5, 0.6) is 0 Å². The third-order valence-electron chi connectivity index (χ3n) is 4.31. The lowest BCUT2D eigenvalue weighted by atomic mass is 10.2. The minimum absolute atomic E-state index is 0.174. The van der Waals surface area contributed by atoms with Crippen molar-refractivity contribution in [3.05, 3.63) is 78.7 Å². The SMILES string of the molecule is O=C(Nc1ccc(-c2nc3ccccc3[nH]2)cc1)c1cc(-c2ccco2)on1. The number of aromatic amines is 1. The van der Waals surface area contributed by atoms with Crippen LogP contribution in [0.15, 0.2) is 81.9 Å². The third-order valence-corrected chi connectivity index (χ3v) is 4.31. The number of H-pyrrole nitrogens is 1. The summed E-state index contributed by atoms with van der Waals surface area (Å²) in [6, 6.07) is 20.3. The van der Waals surface area contributed by atoms with Gasteiger partial charge in [0.15, 0.2) is 11.5 Å². The van der Waals surface area contributed by atoms with Gasteiger partial charge in [-0.05, 0) is 48.5 Å². The Morgan fingerprint density at radius 2 is 1.82 bits per heavy atom. The monoisotopic (exact) mass is 370 g/mol. The minimum atomic E-state index is -0.363. The number of carbonyl (C=O) groups is 1. The van der Waals surface area contributed by atoms with Gasteiger partial charge in [0.2, 0.25) is 5.76 Å². The van der Waals surface area contributed by atoms with Gasteiger partial charge in [0, 0.05) is 17.3 Å². The van der Waals surface area contributed by atoms with E-state index < -0.39 is 0 Å². The van der Waals surface area contributed by atoms with E-state index in [1.807, 2.05) is 48.5 Å². The molecule has 3 heterocycles. The molecule has 7 nitrogen and oxygen atoms in total. The maximum absolute atomic E-state index is 12.4. The molecule has 5 aromatic rings. The van der Waals surface area contributed by atoms with Crippen molar-refractivity contribution in [1.82, 2.24) is 15.1 Å². The van der Waals surface area contributed by atoms with Gasteiger partial charge in [0.1, 0.15) is 5.82 Å². The lowest BCUT2D eigenvalue weighted by Crippen LogP contribution is -2.11. The molecular weight excluding hydrogens is 356 g/mol. The number of aromatic nitrogens is 3. The first-order valence-corrected chi connectivity index (χ1v) is 8.63. The lowest BCUT2D eigenvalue weighted by molar-refractivity contribution is 0.101. The van der Waals surface area contributed by atoms with Gasteiger partial charge in [0.05, 0.1) is 17.3 Å². The van der Waals surface area contributed by atoms with Crippen LogP contribution in [0.1, 0.15) is 10.5 Å². The first kappa shape index (κ1) is 16.1. The molecule has 0 saturated heterocycles. The molecule has 1 amide bonds. The topological polar surface area (TPSA) is 97.0 Å². The number of anilines is 1. The fourth-order valence-electron chi connectivity index (χ4n) is 2.91. The lowest BCUT2D eigenvalue weighted by Gasteiger charge is -2.03. The standard InChI is InChI=1S/C21H14N4O3/c26-21(17-12-19(28-25-17)18-6-3-11-27-18)22-14-9-7-13(8-10-14)20-23-15-4-1-2-5-16(15)24-20/h1-12H,(H,22,26)(H,23,24). The van der Waals surface area contributed by atoms with Gasteiger partial charge in [-0.15, -0.1) is 0 Å².